The van der Waals surface area contributed by atoms with Crippen molar-refractivity contribution in [2.45, 2.75) is 26.3 Å². The van der Waals surface area contributed by atoms with E-state index in [-0.39, 0.29) is 11.4 Å². The average molecular weight is 261 g/mol. The number of aryl methyl sites for hydroxylation is 1. The van der Waals surface area contributed by atoms with E-state index in [0.29, 0.717) is 12.5 Å². The van der Waals surface area contributed by atoms with E-state index in [1.165, 1.54) is 5.56 Å². The fourth-order valence-electron chi connectivity index (χ4n) is 2.30. The van der Waals surface area contributed by atoms with Crippen molar-refractivity contribution in [1.82, 2.24) is 4.90 Å². The summed E-state index contributed by atoms with van der Waals surface area (Å²) in [5.74, 6) is 0.471. The van der Waals surface area contributed by atoms with Crippen LogP contribution < -0.4 is 11.1 Å². The third-order valence-corrected chi connectivity index (χ3v) is 3.89. The number of hydrogen-bond acceptors (Lipinski definition) is 3. The highest BCUT2D eigenvalue weighted by Gasteiger charge is 2.42. The number of carbonyl (C=O) groups is 1. The molecule has 0 aromatic heterocycles. The lowest BCUT2D eigenvalue weighted by atomic mass is 9.80. The molecule has 0 aliphatic carbocycles. The van der Waals surface area contributed by atoms with E-state index in [9.17, 15) is 4.79 Å². The minimum absolute atomic E-state index is 0.0228. The molecule has 1 fully saturated rings. The summed E-state index contributed by atoms with van der Waals surface area (Å²) < 4.78 is 0. The van der Waals surface area contributed by atoms with Crippen molar-refractivity contribution in [3.63, 3.8) is 0 Å². The van der Waals surface area contributed by atoms with E-state index in [4.69, 9.17) is 5.73 Å². The number of nitrogens with zero attached hydrogens (tertiary/aromatic N) is 1. The Morgan fingerprint density at radius 1 is 1.37 bits per heavy atom. The average Bonchev–Trinajstić information content (AvgIpc) is 2.29. The van der Waals surface area contributed by atoms with Crippen molar-refractivity contribution in [3.05, 3.63) is 29.8 Å². The van der Waals surface area contributed by atoms with Crippen LogP contribution in [0.2, 0.25) is 0 Å². The zero-order valence-electron chi connectivity index (χ0n) is 11.9. The van der Waals surface area contributed by atoms with Crippen LogP contribution >= 0.6 is 0 Å². The van der Waals surface area contributed by atoms with E-state index in [1.807, 2.05) is 31.2 Å². The Hall–Kier alpha value is -1.39. The number of carbonyl (C=O) groups excluding carboxylic acids is 1. The summed E-state index contributed by atoms with van der Waals surface area (Å²) in [5, 5.41) is 2.90. The van der Waals surface area contributed by atoms with Gasteiger partial charge in [0, 0.05) is 24.3 Å². The Balaban J connectivity index is 1.79. The van der Waals surface area contributed by atoms with Gasteiger partial charge in [-0.2, -0.15) is 0 Å². The second-order valence-corrected chi connectivity index (χ2v) is 5.95. The first-order valence-corrected chi connectivity index (χ1v) is 6.77. The minimum Gasteiger partial charge on any atom is -0.325 e. The molecule has 1 aliphatic rings. The summed E-state index contributed by atoms with van der Waals surface area (Å²) in [6.07, 6.45) is 0. The Labute approximate surface area is 115 Å². The molecule has 1 heterocycles. The molecule has 4 heteroatoms. The van der Waals surface area contributed by atoms with Gasteiger partial charge in [0.25, 0.3) is 0 Å². The van der Waals surface area contributed by atoms with Crippen molar-refractivity contribution in [3.8, 4) is 0 Å². The number of benzene rings is 1. The third-order valence-electron chi connectivity index (χ3n) is 3.89. The van der Waals surface area contributed by atoms with Gasteiger partial charge >= 0.3 is 0 Å². The van der Waals surface area contributed by atoms with Crippen molar-refractivity contribution in [1.29, 1.82) is 0 Å². The molecule has 0 radical (unpaired) electrons. The van der Waals surface area contributed by atoms with E-state index in [0.717, 1.165) is 18.8 Å². The summed E-state index contributed by atoms with van der Waals surface area (Å²) in [5.41, 5.74) is 8.12. The van der Waals surface area contributed by atoms with E-state index in [1.54, 1.807) is 0 Å². The Kier molecular flexibility index (Phi) is 3.92. The molecule has 1 saturated heterocycles. The van der Waals surface area contributed by atoms with Crippen LogP contribution in [0, 0.1) is 12.8 Å². The molecule has 104 valence electrons. The second-order valence-electron chi connectivity index (χ2n) is 5.95. The lowest BCUT2D eigenvalue weighted by Gasteiger charge is -2.50. The van der Waals surface area contributed by atoms with Gasteiger partial charge in [0.1, 0.15) is 0 Å². The molecule has 1 aromatic rings. The highest BCUT2D eigenvalue weighted by molar-refractivity contribution is 5.92. The molecule has 3 N–H and O–H groups in total. The first kappa shape index (κ1) is 14.0. The first-order valence-electron chi connectivity index (χ1n) is 6.77. The molecule has 0 spiro atoms. The van der Waals surface area contributed by atoms with Crippen LogP contribution in [0.5, 0.6) is 0 Å². The monoisotopic (exact) mass is 261 g/mol. The Morgan fingerprint density at radius 3 is 2.47 bits per heavy atom. The fraction of sp³-hybridized carbons (Fsp3) is 0.533. The van der Waals surface area contributed by atoms with E-state index >= 15 is 0 Å². The zero-order chi connectivity index (χ0) is 14.0. The van der Waals surface area contributed by atoms with Crippen LogP contribution in [0.15, 0.2) is 24.3 Å². The molecular formula is C15H23N3O. The topological polar surface area (TPSA) is 58.4 Å². The normalized spacial score (nSPS) is 18.2. The number of rotatable bonds is 4. The van der Waals surface area contributed by atoms with E-state index < -0.39 is 0 Å². The number of hydrogen-bond donors (Lipinski definition) is 2. The van der Waals surface area contributed by atoms with Gasteiger partial charge < -0.3 is 11.1 Å². The van der Waals surface area contributed by atoms with Crippen molar-refractivity contribution < 1.29 is 4.79 Å². The van der Waals surface area contributed by atoms with Gasteiger partial charge in [-0.3, -0.25) is 9.69 Å². The summed E-state index contributed by atoms with van der Waals surface area (Å²) in [4.78, 5) is 14.0. The van der Waals surface area contributed by atoms with Gasteiger partial charge in [-0.05, 0) is 25.0 Å². The molecule has 19 heavy (non-hydrogen) atoms. The van der Waals surface area contributed by atoms with E-state index in [2.05, 4.69) is 24.1 Å². The van der Waals surface area contributed by atoms with Gasteiger partial charge in [0.05, 0.1) is 6.54 Å². The van der Waals surface area contributed by atoms with Gasteiger partial charge in [-0.25, -0.2) is 0 Å². The summed E-state index contributed by atoms with van der Waals surface area (Å²) >= 11 is 0. The lowest BCUT2D eigenvalue weighted by Crippen LogP contribution is -2.70. The van der Waals surface area contributed by atoms with Crippen LogP contribution in [0.1, 0.15) is 19.4 Å². The van der Waals surface area contributed by atoms with Gasteiger partial charge in [-0.15, -0.1) is 0 Å². The smallest absolute Gasteiger partial charge is 0.238 e. The van der Waals surface area contributed by atoms with Crippen molar-refractivity contribution >= 4 is 11.6 Å². The fourth-order valence-corrected chi connectivity index (χ4v) is 2.30. The van der Waals surface area contributed by atoms with Crippen LogP contribution in [-0.2, 0) is 4.79 Å². The standard InChI is InChI=1S/C15H23N3O/c1-11(2)15(16)9-18(10-15)8-14(19)17-13-6-4-12(3)5-7-13/h4-7,11H,8-10,16H2,1-3H3,(H,17,19). The molecule has 0 unspecified atom stereocenters. The highest BCUT2D eigenvalue weighted by atomic mass is 16.2. The molecular weight excluding hydrogens is 238 g/mol. The van der Waals surface area contributed by atoms with Crippen molar-refractivity contribution in [2.75, 3.05) is 25.0 Å². The molecule has 0 bridgehead atoms. The van der Waals surface area contributed by atoms with Gasteiger partial charge in [0.2, 0.25) is 5.91 Å². The zero-order valence-corrected chi connectivity index (χ0v) is 11.9. The molecule has 4 nitrogen and oxygen atoms in total. The van der Waals surface area contributed by atoms with Crippen LogP contribution in [0.3, 0.4) is 0 Å². The molecule has 0 saturated carbocycles. The summed E-state index contributed by atoms with van der Waals surface area (Å²) in [6, 6.07) is 7.82. The Bertz CT molecular complexity index is 447. The maximum absolute atomic E-state index is 11.9. The maximum Gasteiger partial charge on any atom is 0.238 e. The minimum atomic E-state index is -0.121. The number of nitrogens with one attached hydrogen (secondary N) is 1. The number of anilines is 1. The molecule has 2 rings (SSSR count). The largest absolute Gasteiger partial charge is 0.325 e. The molecule has 1 aromatic carbocycles. The number of amides is 1. The second kappa shape index (κ2) is 5.31. The molecule has 1 aliphatic heterocycles. The lowest BCUT2D eigenvalue weighted by molar-refractivity contribution is -0.119. The Morgan fingerprint density at radius 2 is 1.95 bits per heavy atom. The summed E-state index contributed by atoms with van der Waals surface area (Å²) in [6.45, 7) is 8.29. The number of nitrogens with two attached hydrogens (primary N) is 1. The SMILES string of the molecule is Cc1ccc(NC(=O)CN2CC(N)(C(C)C)C2)cc1. The maximum atomic E-state index is 11.9. The van der Waals surface area contributed by atoms with Crippen LogP contribution in [0.25, 0.3) is 0 Å². The summed E-state index contributed by atoms with van der Waals surface area (Å²) in [7, 11) is 0. The molecule has 1 amide bonds. The van der Waals surface area contributed by atoms with Crippen LogP contribution in [0.4, 0.5) is 5.69 Å². The molecule has 0 atom stereocenters. The quantitative estimate of drug-likeness (QED) is 0.865. The first-order chi connectivity index (χ1) is 8.89. The number of likely N-dealkylation sites (tertiary alicyclic amines) is 1. The predicted octanol–water partition coefficient (Wildman–Crippen LogP) is 1.60. The van der Waals surface area contributed by atoms with Gasteiger partial charge in [0.15, 0.2) is 0 Å². The van der Waals surface area contributed by atoms with Gasteiger partial charge in [-0.1, -0.05) is 31.5 Å². The third kappa shape index (κ3) is 3.33. The predicted molar refractivity (Wildman–Crippen MR) is 78.0 cm³/mol. The van der Waals surface area contributed by atoms with Crippen molar-refractivity contribution in [2.24, 2.45) is 11.7 Å². The van der Waals surface area contributed by atoms with Crippen LogP contribution in [-0.4, -0.2) is 36.0 Å². The highest BCUT2D eigenvalue weighted by Crippen LogP contribution is 2.25.